The third kappa shape index (κ3) is 2.47. The summed E-state index contributed by atoms with van der Waals surface area (Å²) in [6.07, 6.45) is 3.70. The maximum atomic E-state index is 12.4. The second-order valence-corrected chi connectivity index (χ2v) is 5.61. The molecule has 22 heavy (non-hydrogen) atoms. The van der Waals surface area contributed by atoms with Gasteiger partial charge in [-0.15, -0.1) is 0 Å². The third-order valence-corrected chi connectivity index (χ3v) is 3.80. The van der Waals surface area contributed by atoms with Crippen LogP contribution in [0.5, 0.6) is 0 Å². The minimum Gasteiger partial charge on any atom is -0.345 e. The fourth-order valence-corrected chi connectivity index (χ4v) is 2.80. The van der Waals surface area contributed by atoms with Crippen molar-refractivity contribution in [3.63, 3.8) is 0 Å². The van der Waals surface area contributed by atoms with E-state index in [1.165, 1.54) is 0 Å². The zero-order valence-corrected chi connectivity index (χ0v) is 13.1. The summed E-state index contributed by atoms with van der Waals surface area (Å²) in [6.45, 7) is 7.78. The van der Waals surface area contributed by atoms with Gasteiger partial charge >= 0.3 is 0 Å². The molecule has 3 aromatic rings. The molecule has 2 N–H and O–H groups in total. The molecule has 3 aromatic heterocycles. The average Bonchev–Trinajstić information content (AvgIpc) is 2.99. The maximum Gasteiger partial charge on any atom is 0.253 e. The van der Waals surface area contributed by atoms with Gasteiger partial charge in [-0.05, 0) is 39.8 Å². The van der Waals surface area contributed by atoms with Crippen LogP contribution in [0.1, 0.15) is 46.0 Å². The van der Waals surface area contributed by atoms with Crippen molar-refractivity contribution in [1.82, 2.24) is 24.9 Å². The Morgan fingerprint density at radius 2 is 2.05 bits per heavy atom. The summed E-state index contributed by atoms with van der Waals surface area (Å²) in [5, 5.41) is 10.1. The molecule has 1 amide bonds. The number of aromatic nitrogens is 4. The first kappa shape index (κ1) is 14.3. The summed E-state index contributed by atoms with van der Waals surface area (Å²) in [5.74, 6) is -0.110. The molecule has 0 aliphatic rings. The summed E-state index contributed by atoms with van der Waals surface area (Å²) < 4.78 is 1.86. The Bertz CT molecular complexity index is 826. The second kappa shape index (κ2) is 5.29. The fraction of sp³-hybridized carbons (Fsp3) is 0.312. The van der Waals surface area contributed by atoms with Gasteiger partial charge in [-0.1, -0.05) is 0 Å². The van der Waals surface area contributed by atoms with Crippen LogP contribution in [0.2, 0.25) is 0 Å². The number of rotatable bonds is 3. The van der Waals surface area contributed by atoms with Crippen molar-refractivity contribution in [3.05, 3.63) is 52.7 Å². The van der Waals surface area contributed by atoms with Crippen molar-refractivity contribution < 1.29 is 4.79 Å². The van der Waals surface area contributed by atoms with Crippen LogP contribution in [0, 0.1) is 20.8 Å². The Morgan fingerprint density at radius 3 is 2.73 bits per heavy atom. The molecule has 3 heterocycles. The van der Waals surface area contributed by atoms with Crippen LogP contribution < -0.4 is 5.32 Å². The Kier molecular flexibility index (Phi) is 3.44. The summed E-state index contributed by atoms with van der Waals surface area (Å²) in [7, 11) is 0. The Balaban J connectivity index is 1.83. The highest BCUT2D eigenvalue weighted by Gasteiger charge is 2.17. The molecule has 0 spiro atoms. The number of amides is 1. The number of nitrogens with one attached hydrogen (secondary N) is 2. The lowest BCUT2D eigenvalue weighted by Crippen LogP contribution is -2.27. The number of aryl methyl sites for hydroxylation is 3. The van der Waals surface area contributed by atoms with Crippen molar-refractivity contribution in [2.24, 2.45) is 0 Å². The van der Waals surface area contributed by atoms with Crippen LogP contribution in [-0.2, 0) is 0 Å². The van der Waals surface area contributed by atoms with E-state index in [0.29, 0.717) is 5.56 Å². The van der Waals surface area contributed by atoms with Gasteiger partial charge in [-0.2, -0.15) is 5.10 Å². The SMILES string of the molecule is Cc1cn2cc(C(=O)N[C@@H](C)c3c(C)n[nH]c3C)ccc2n1. The molecule has 3 rings (SSSR count). The van der Waals surface area contributed by atoms with Gasteiger partial charge in [0.1, 0.15) is 5.65 Å². The van der Waals surface area contributed by atoms with Gasteiger partial charge in [-0.25, -0.2) is 4.98 Å². The number of imidazole rings is 1. The highest BCUT2D eigenvalue weighted by Crippen LogP contribution is 2.19. The van der Waals surface area contributed by atoms with Crippen molar-refractivity contribution in [3.8, 4) is 0 Å². The second-order valence-electron chi connectivity index (χ2n) is 5.61. The number of nitrogens with zero attached hydrogens (tertiary/aromatic N) is 3. The number of H-pyrrole nitrogens is 1. The predicted octanol–water partition coefficient (Wildman–Crippen LogP) is 2.47. The predicted molar refractivity (Wildman–Crippen MR) is 83.9 cm³/mol. The number of aromatic amines is 1. The van der Waals surface area contributed by atoms with Crippen LogP contribution in [0.4, 0.5) is 0 Å². The van der Waals surface area contributed by atoms with Gasteiger partial charge in [0, 0.05) is 23.7 Å². The highest BCUT2D eigenvalue weighted by atomic mass is 16.1. The normalized spacial score (nSPS) is 12.5. The number of fused-ring (bicyclic) bond motifs is 1. The lowest BCUT2D eigenvalue weighted by molar-refractivity contribution is 0.0939. The van der Waals surface area contributed by atoms with E-state index in [1.807, 2.05) is 44.4 Å². The van der Waals surface area contributed by atoms with E-state index in [1.54, 1.807) is 12.3 Å². The maximum absolute atomic E-state index is 12.4. The smallest absolute Gasteiger partial charge is 0.253 e. The molecular weight excluding hydrogens is 278 g/mol. The number of hydrogen-bond donors (Lipinski definition) is 2. The van der Waals surface area contributed by atoms with E-state index in [0.717, 1.165) is 28.3 Å². The van der Waals surface area contributed by atoms with Crippen molar-refractivity contribution >= 4 is 11.6 Å². The molecule has 114 valence electrons. The zero-order valence-electron chi connectivity index (χ0n) is 13.1. The van der Waals surface area contributed by atoms with Crippen molar-refractivity contribution in [2.75, 3.05) is 0 Å². The molecule has 0 aromatic carbocycles. The van der Waals surface area contributed by atoms with Crippen LogP contribution >= 0.6 is 0 Å². The van der Waals surface area contributed by atoms with E-state index >= 15 is 0 Å². The topological polar surface area (TPSA) is 75.1 Å². The first-order valence-electron chi connectivity index (χ1n) is 7.23. The van der Waals surface area contributed by atoms with E-state index in [2.05, 4.69) is 20.5 Å². The van der Waals surface area contributed by atoms with E-state index < -0.39 is 0 Å². The van der Waals surface area contributed by atoms with Crippen LogP contribution in [0.15, 0.2) is 24.5 Å². The van der Waals surface area contributed by atoms with Gasteiger partial charge < -0.3 is 9.72 Å². The van der Waals surface area contributed by atoms with E-state index in [9.17, 15) is 4.79 Å². The third-order valence-electron chi connectivity index (χ3n) is 3.80. The molecule has 0 radical (unpaired) electrons. The molecule has 0 aliphatic carbocycles. The van der Waals surface area contributed by atoms with Crippen LogP contribution in [0.3, 0.4) is 0 Å². The molecule has 6 heteroatoms. The van der Waals surface area contributed by atoms with Crippen molar-refractivity contribution in [1.29, 1.82) is 0 Å². The number of carbonyl (C=O) groups excluding carboxylic acids is 1. The van der Waals surface area contributed by atoms with Gasteiger partial charge in [-0.3, -0.25) is 9.89 Å². The van der Waals surface area contributed by atoms with Gasteiger partial charge in [0.25, 0.3) is 5.91 Å². The van der Waals surface area contributed by atoms with Gasteiger partial charge in [0.05, 0.1) is 23.0 Å². The molecular formula is C16H19N5O. The average molecular weight is 297 g/mol. The summed E-state index contributed by atoms with van der Waals surface area (Å²) in [5.41, 5.74) is 5.29. The van der Waals surface area contributed by atoms with Gasteiger partial charge in [0.15, 0.2) is 0 Å². The summed E-state index contributed by atoms with van der Waals surface area (Å²) >= 11 is 0. The Morgan fingerprint density at radius 1 is 1.27 bits per heavy atom. The molecule has 0 fully saturated rings. The van der Waals surface area contributed by atoms with E-state index in [4.69, 9.17) is 0 Å². The molecule has 1 atom stereocenters. The number of carbonyl (C=O) groups is 1. The molecule has 6 nitrogen and oxygen atoms in total. The quantitative estimate of drug-likeness (QED) is 0.780. The molecule has 0 unspecified atom stereocenters. The largest absolute Gasteiger partial charge is 0.345 e. The molecule has 0 bridgehead atoms. The monoisotopic (exact) mass is 297 g/mol. The summed E-state index contributed by atoms with van der Waals surface area (Å²) in [6, 6.07) is 3.53. The van der Waals surface area contributed by atoms with E-state index in [-0.39, 0.29) is 11.9 Å². The van der Waals surface area contributed by atoms with Gasteiger partial charge in [0.2, 0.25) is 0 Å². The zero-order chi connectivity index (χ0) is 15.9. The summed E-state index contributed by atoms with van der Waals surface area (Å²) in [4.78, 5) is 16.8. The van der Waals surface area contributed by atoms with Crippen LogP contribution in [0.25, 0.3) is 5.65 Å². The fourth-order valence-electron chi connectivity index (χ4n) is 2.80. The standard InChI is InChI=1S/C16H19N5O/c1-9-7-21-8-13(5-6-14(21)17-9)16(22)18-10(2)15-11(3)19-20-12(15)4/h5-8,10H,1-4H3,(H,18,22)(H,19,20)/t10-/m0/s1. The highest BCUT2D eigenvalue weighted by molar-refractivity contribution is 5.94. The van der Waals surface area contributed by atoms with Crippen molar-refractivity contribution in [2.45, 2.75) is 33.7 Å². The molecule has 0 saturated heterocycles. The lowest BCUT2D eigenvalue weighted by atomic mass is 10.1. The molecule has 0 saturated carbocycles. The number of hydrogen-bond acceptors (Lipinski definition) is 3. The van der Waals surface area contributed by atoms with Crippen LogP contribution in [-0.4, -0.2) is 25.5 Å². The minimum atomic E-state index is -0.110. The Labute approximate surface area is 128 Å². The number of pyridine rings is 1. The lowest BCUT2D eigenvalue weighted by Gasteiger charge is -2.14. The molecule has 0 aliphatic heterocycles. The first-order valence-corrected chi connectivity index (χ1v) is 7.23. The Hall–Kier alpha value is -2.63. The first-order chi connectivity index (χ1) is 10.5. The minimum absolute atomic E-state index is 0.105.